The minimum Gasteiger partial charge on any atom is -0.462 e. The number of hydrogen-bond acceptors (Lipinski definition) is 8. The number of unbranched alkanes of at least 4 members (excludes halogenated alkanes) is 35. The molecule has 0 saturated carbocycles. The number of esters is 2. The molecule has 0 heterocycles. The monoisotopic (exact) mass is 900 g/mol. The zero-order valence-corrected chi connectivity index (χ0v) is 42.0. The van der Waals surface area contributed by atoms with Gasteiger partial charge in [0, 0.05) is 19.4 Å². The Labute approximate surface area is 383 Å². The maximum atomic E-state index is 12.7. The van der Waals surface area contributed by atoms with Crippen LogP contribution in [0.5, 0.6) is 0 Å². The summed E-state index contributed by atoms with van der Waals surface area (Å²) in [7, 11) is -2.64. The van der Waals surface area contributed by atoms with Crippen molar-refractivity contribution in [1.82, 2.24) is 5.32 Å². The highest BCUT2D eigenvalue weighted by Crippen LogP contribution is 2.43. The minimum absolute atomic E-state index is 0.0137. The van der Waals surface area contributed by atoms with Crippen molar-refractivity contribution in [3.63, 3.8) is 0 Å². The molecule has 9 nitrogen and oxygen atoms in total. The third-order valence-corrected chi connectivity index (χ3v) is 12.9. The molecule has 62 heavy (non-hydrogen) atoms. The molecule has 0 amide bonds. The maximum Gasteiger partial charge on any atom is 0.472 e. The number of carbonyl (C=O) groups excluding carboxylic acids is 2. The Bertz CT molecular complexity index is 1030. The Kier molecular flexibility index (Phi) is 48.2. The number of phosphoric ester groups is 1. The smallest absolute Gasteiger partial charge is 0.462 e. The Morgan fingerprint density at radius 1 is 0.484 bits per heavy atom. The van der Waals surface area contributed by atoms with Crippen LogP contribution < -0.4 is 5.32 Å². The third-order valence-electron chi connectivity index (χ3n) is 11.9. The van der Waals surface area contributed by atoms with Crippen LogP contribution in [0.2, 0.25) is 0 Å². The molecule has 0 radical (unpaired) electrons. The van der Waals surface area contributed by atoms with E-state index in [1.165, 1.54) is 205 Å². The Morgan fingerprint density at radius 2 is 0.823 bits per heavy atom. The summed E-state index contributed by atoms with van der Waals surface area (Å²) in [6.45, 7) is 4.28. The highest BCUT2D eigenvalue weighted by atomic mass is 31.2. The van der Waals surface area contributed by atoms with Gasteiger partial charge in [0.2, 0.25) is 0 Å². The number of allylic oxidation sites excluding steroid dienone is 2. The third kappa shape index (κ3) is 48.2. The van der Waals surface area contributed by atoms with E-state index in [9.17, 15) is 19.0 Å². The molecule has 0 aliphatic heterocycles. The SMILES string of the molecule is CCCCCCCC/C=C\CCCCCCCCCCCC(=O)OC(COC(=O)CCCCCCCCCCCCCCCCCCCCCCC)COP(=O)(O)OCCNC. The fourth-order valence-corrected chi connectivity index (χ4v) is 8.60. The summed E-state index contributed by atoms with van der Waals surface area (Å²) in [6.07, 6.45) is 52.6. The summed E-state index contributed by atoms with van der Waals surface area (Å²) in [5, 5.41) is 2.84. The van der Waals surface area contributed by atoms with Crippen molar-refractivity contribution in [3.8, 4) is 0 Å². The molecule has 0 aromatic carbocycles. The lowest BCUT2D eigenvalue weighted by Crippen LogP contribution is -2.29. The van der Waals surface area contributed by atoms with Crippen LogP contribution in [0.15, 0.2) is 12.2 Å². The van der Waals surface area contributed by atoms with Crippen molar-refractivity contribution in [3.05, 3.63) is 12.2 Å². The number of rotatable bonds is 51. The molecule has 2 atom stereocenters. The summed E-state index contributed by atoms with van der Waals surface area (Å²) in [5.74, 6) is -0.791. The van der Waals surface area contributed by atoms with E-state index < -0.39 is 26.5 Å². The fraction of sp³-hybridized carbons (Fsp3) is 0.923. The quantitative estimate of drug-likeness (QED) is 0.0266. The first kappa shape index (κ1) is 60.8. The van der Waals surface area contributed by atoms with Gasteiger partial charge in [0.25, 0.3) is 0 Å². The number of hydrogen-bond donors (Lipinski definition) is 2. The van der Waals surface area contributed by atoms with E-state index in [1.807, 2.05) is 0 Å². The summed E-state index contributed by atoms with van der Waals surface area (Å²) in [6, 6.07) is 0. The van der Waals surface area contributed by atoms with Crippen molar-refractivity contribution in [2.24, 2.45) is 0 Å². The van der Waals surface area contributed by atoms with Crippen LogP contribution >= 0.6 is 7.82 Å². The molecule has 2 unspecified atom stereocenters. The van der Waals surface area contributed by atoms with Gasteiger partial charge in [-0.05, 0) is 45.6 Å². The molecule has 0 aliphatic carbocycles. The van der Waals surface area contributed by atoms with Gasteiger partial charge in [-0.25, -0.2) is 4.57 Å². The molecule has 368 valence electrons. The van der Waals surface area contributed by atoms with Crippen LogP contribution in [0.4, 0.5) is 0 Å². The Balaban J connectivity index is 4.05. The zero-order chi connectivity index (χ0) is 45.3. The predicted molar refractivity (Wildman–Crippen MR) is 262 cm³/mol. The van der Waals surface area contributed by atoms with Gasteiger partial charge in [0.1, 0.15) is 6.61 Å². The van der Waals surface area contributed by atoms with E-state index in [2.05, 4.69) is 31.3 Å². The summed E-state index contributed by atoms with van der Waals surface area (Å²) in [5.41, 5.74) is 0. The molecular formula is C52H102NO8P. The first-order valence-electron chi connectivity index (χ1n) is 26.6. The van der Waals surface area contributed by atoms with E-state index in [4.69, 9.17) is 18.5 Å². The van der Waals surface area contributed by atoms with Crippen LogP contribution in [0.25, 0.3) is 0 Å². The molecule has 2 N–H and O–H groups in total. The van der Waals surface area contributed by atoms with Gasteiger partial charge in [-0.2, -0.15) is 0 Å². The van der Waals surface area contributed by atoms with E-state index >= 15 is 0 Å². The standard InChI is InChI=1S/C52H102NO8P/c1-4-6-8-10-12-14-16-18-20-22-24-25-27-28-30-32-34-36-38-40-42-44-51(54)58-48-50(49-60-62(56,57)59-47-46-53-3)61-52(55)45-43-41-39-37-35-33-31-29-26-23-21-19-17-15-13-11-9-7-5-2/h19,21,50,53H,4-18,20,22-49H2,1-3H3,(H,56,57)/b21-19-. The van der Waals surface area contributed by atoms with Gasteiger partial charge in [-0.15, -0.1) is 0 Å². The van der Waals surface area contributed by atoms with Crippen LogP contribution in [0.1, 0.15) is 271 Å². The van der Waals surface area contributed by atoms with Crippen molar-refractivity contribution in [2.45, 2.75) is 277 Å². The normalized spacial score (nSPS) is 13.2. The van der Waals surface area contributed by atoms with Crippen molar-refractivity contribution in [1.29, 1.82) is 0 Å². The van der Waals surface area contributed by atoms with Crippen LogP contribution in [0, 0.1) is 0 Å². The Hall–Kier alpha value is -1.25. The second-order valence-corrected chi connectivity index (χ2v) is 19.5. The number of nitrogens with one attached hydrogen (secondary N) is 1. The predicted octanol–water partition coefficient (Wildman–Crippen LogP) is 16.0. The second-order valence-electron chi connectivity index (χ2n) is 18.1. The lowest BCUT2D eigenvalue weighted by Gasteiger charge is -2.20. The molecule has 0 saturated heterocycles. The highest BCUT2D eigenvalue weighted by Gasteiger charge is 2.26. The van der Waals surface area contributed by atoms with E-state index in [0.717, 1.165) is 32.1 Å². The van der Waals surface area contributed by atoms with Gasteiger partial charge in [-0.1, -0.05) is 231 Å². The lowest BCUT2D eigenvalue weighted by molar-refractivity contribution is -0.161. The molecular weight excluding hydrogens is 798 g/mol. The molecule has 0 aromatic rings. The maximum absolute atomic E-state index is 12.7. The minimum atomic E-state index is -4.35. The summed E-state index contributed by atoms with van der Waals surface area (Å²) in [4.78, 5) is 35.3. The van der Waals surface area contributed by atoms with Gasteiger partial charge >= 0.3 is 19.8 Å². The van der Waals surface area contributed by atoms with E-state index in [-0.39, 0.29) is 25.6 Å². The summed E-state index contributed by atoms with van der Waals surface area (Å²) < 4.78 is 33.4. The number of likely N-dealkylation sites (N-methyl/N-ethyl adjacent to an activating group) is 1. The summed E-state index contributed by atoms with van der Waals surface area (Å²) >= 11 is 0. The topological polar surface area (TPSA) is 120 Å². The highest BCUT2D eigenvalue weighted by molar-refractivity contribution is 7.47. The lowest BCUT2D eigenvalue weighted by atomic mass is 10.0. The number of carbonyl (C=O) groups is 2. The average Bonchev–Trinajstić information content (AvgIpc) is 3.26. The molecule has 0 fully saturated rings. The van der Waals surface area contributed by atoms with Crippen LogP contribution in [-0.2, 0) is 32.7 Å². The number of ether oxygens (including phenoxy) is 2. The first-order chi connectivity index (χ1) is 30.3. The van der Waals surface area contributed by atoms with Gasteiger partial charge in [0.15, 0.2) is 6.10 Å². The van der Waals surface area contributed by atoms with E-state index in [1.54, 1.807) is 7.05 Å². The second kappa shape index (κ2) is 49.2. The van der Waals surface area contributed by atoms with Gasteiger partial charge in [-0.3, -0.25) is 18.6 Å². The van der Waals surface area contributed by atoms with Crippen molar-refractivity contribution in [2.75, 3.05) is 33.4 Å². The Morgan fingerprint density at radius 3 is 1.19 bits per heavy atom. The fourth-order valence-electron chi connectivity index (χ4n) is 7.85. The largest absolute Gasteiger partial charge is 0.472 e. The molecule has 0 aliphatic rings. The molecule has 0 spiro atoms. The number of phosphoric acid groups is 1. The zero-order valence-electron chi connectivity index (χ0n) is 41.1. The van der Waals surface area contributed by atoms with Gasteiger partial charge in [0.05, 0.1) is 13.2 Å². The van der Waals surface area contributed by atoms with Crippen molar-refractivity contribution >= 4 is 19.8 Å². The molecule has 10 heteroatoms. The van der Waals surface area contributed by atoms with E-state index in [0.29, 0.717) is 19.4 Å². The van der Waals surface area contributed by atoms with Crippen molar-refractivity contribution < 1.29 is 37.6 Å². The van der Waals surface area contributed by atoms with Crippen LogP contribution in [0.3, 0.4) is 0 Å². The van der Waals surface area contributed by atoms with Gasteiger partial charge < -0.3 is 19.7 Å². The first-order valence-corrected chi connectivity index (χ1v) is 28.1. The molecule has 0 aromatic heterocycles. The molecule has 0 rings (SSSR count). The average molecular weight is 900 g/mol. The van der Waals surface area contributed by atoms with Crippen LogP contribution in [-0.4, -0.2) is 56.3 Å². The molecule has 0 bridgehead atoms.